The normalized spacial score (nSPS) is 11.8. The molecule has 0 aromatic heterocycles. The van der Waals surface area contributed by atoms with Crippen molar-refractivity contribution in [2.75, 3.05) is 0 Å². The van der Waals surface area contributed by atoms with Gasteiger partial charge in [-0.2, -0.15) is 0 Å². The summed E-state index contributed by atoms with van der Waals surface area (Å²) in [5.74, 6) is -0.671. The van der Waals surface area contributed by atoms with Gasteiger partial charge < -0.3 is 4.74 Å². The zero-order valence-corrected chi connectivity index (χ0v) is 7.54. The Labute approximate surface area is 80.5 Å². The van der Waals surface area contributed by atoms with Gasteiger partial charge in [0.2, 0.25) is 0 Å². The Morgan fingerprint density at radius 2 is 2.00 bits per heavy atom. The standard InChI is InChI=1S/C9H9NO4/c1-7(11)14-9(10(12)13)8-5-3-2-4-6-8/h2-6,9H,1H3. The van der Waals surface area contributed by atoms with Crippen LogP contribution in [-0.4, -0.2) is 10.9 Å². The Morgan fingerprint density at radius 1 is 1.43 bits per heavy atom. The molecule has 5 heteroatoms. The van der Waals surface area contributed by atoms with Gasteiger partial charge in [0.1, 0.15) is 0 Å². The minimum absolute atomic E-state index is 0.354. The maximum atomic E-state index is 10.6. The van der Waals surface area contributed by atoms with Crippen molar-refractivity contribution in [3.8, 4) is 0 Å². The molecule has 0 saturated carbocycles. The summed E-state index contributed by atoms with van der Waals surface area (Å²) in [6.07, 6.45) is -1.41. The lowest BCUT2D eigenvalue weighted by atomic mass is 10.2. The highest BCUT2D eigenvalue weighted by atomic mass is 16.7. The summed E-state index contributed by atoms with van der Waals surface area (Å²) >= 11 is 0. The van der Waals surface area contributed by atoms with Crippen molar-refractivity contribution in [2.45, 2.75) is 13.2 Å². The second-order valence-electron chi connectivity index (χ2n) is 2.66. The molecular formula is C9H9NO4. The number of nitro groups is 1. The summed E-state index contributed by atoms with van der Waals surface area (Å²) in [6.45, 7) is 1.14. The SMILES string of the molecule is CC(=O)OC(c1ccccc1)[N+](=O)[O-]. The zero-order valence-electron chi connectivity index (χ0n) is 7.54. The van der Waals surface area contributed by atoms with Crippen LogP contribution in [0.15, 0.2) is 30.3 Å². The van der Waals surface area contributed by atoms with Gasteiger partial charge in [-0.15, -0.1) is 0 Å². The Morgan fingerprint density at radius 3 is 2.43 bits per heavy atom. The molecule has 1 aromatic carbocycles. The fourth-order valence-corrected chi connectivity index (χ4v) is 1.01. The minimum Gasteiger partial charge on any atom is -0.394 e. The smallest absolute Gasteiger partial charge is 0.382 e. The number of nitrogens with zero attached hydrogens (tertiary/aromatic N) is 1. The number of hydrogen-bond donors (Lipinski definition) is 0. The van der Waals surface area contributed by atoms with Gasteiger partial charge in [0.05, 0.1) is 10.5 Å². The van der Waals surface area contributed by atoms with Crippen LogP contribution in [0.25, 0.3) is 0 Å². The van der Waals surface area contributed by atoms with Gasteiger partial charge in [-0.3, -0.25) is 14.9 Å². The van der Waals surface area contributed by atoms with Crippen LogP contribution >= 0.6 is 0 Å². The topological polar surface area (TPSA) is 69.4 Å². The molecule has 1 rings (SSSR count). The second kappa shape index (κ2) is 4.36. The van der Waals surface area contributed by atoms with E-state index >= 15 is 0 Å². The largest absolute Gasteiger partial charge is 0.394 e. The van der Waals surface area contributed by atoms with Crippen molar-refractivity contribution in [2.24, 2.45) is 0 Å². The van der Waals surface area contributed by atoms with Crippen molar-refractivity contribution in [1.82, 2.24) is 0 Å². The average molecular weight is 195 g/mol. The number of benzene rings is 1. The molecule has 1 atom stereocenters. The third-order valence-corrected chi connectivity index (χ3v) is 1.55. The predicted molar refractivity (Wildman–Crippen MR) is 47.9 cm³/mol. The Balaban J connectivity index is 2.89. The minimum atomic E-state index is -1.41. The first kappa shape index (κ1) is 10.2. The molecule has 0 bridgehead atoms. The van der Waals surface area contributed by atoms with E-state index in [1.807, 2.05) is 0 Å². The van der Waals surface area contributed by atoms with Crippen LogP contribution in [0.5, 0.6) is 0 Å². The molecule has 0 spiro atoms. The molecular weight excluding hydrogens is 186 g/mol. The molecule has 0 fully saturated rings. The van der Waals surface area contributed by atoms with Crippen molar-refractivity contribution < 1.29 is 14.5 Å². The monoisotopic (exact) mass is 195 g/mol. The maximum absolute atomic E-state index is 10.6. The molecule has 14 heavy (non-hydrogen) atoms. The predicted octanol–water partition coefficient (Wildman–Crippen LogP) is 1.52. The third-order valence-electron chi connectivity index (χ3n) is 1.55. The van der Waals surface area contributed by atoms with Crippen LogP contribution in [0.3, 0.4) is 0 Å². The van der Waals surface area contributed by atoms with Crippen LogP contribution < -0.4 is 0 Å². The highest BCUT2D eigenvalue weighted by Crippen LogP contribution is 2.17. The van der Waals surface area contributed by atoms with E-state index in [2.05, 4.69) is 4.74 Å². The third kappa shape index (κ3) is 2.55. The molecule has 0 N–H and O–H groups in total. The highest BCUT2D eigenvalue weighted by Gasteiger charge is 2.25. The molecule has 1 unspecified atom stereocenters. The zero-order chi connectivity index (χ0) is 10.6. The highest BCUT2D eigenvalue weighted by molar-refractivity contribution is 5.66. The summed E-state index contributed by atoms with van der Waals surface area (Å²) in [7, 11) is 0. The van der Waals surface area contributed by atoms with E-state index < -0.39 is 17.1 Å². The second-order valence-corrected chi connectivity index (χ2v) is 2.66. The van der Waals surface area contributed by atoms with E-state index in [-0.39, 0.29) is 0 Å². The molecule has 0 aliphatic heterocycles. The molecule has 0 heterocycles. The molecule has 0 aliphatic carbocycles. The lowest BCUT2D eigenvalue weighted by Gasteiger charge is -2.08. The van der Waals surface area contributed by atoms with Crippen LogP contribution in [0.4, 0.5) is 0 Å². The van der Waals surface area contributed by atoms with E-state index in [4.69, 9.17) is 0 Å². The van der Waals surface area contributed by atoms with Gasteiger partial charge >= 0.3 is 12.2 Å². The summed E-state index contributed by atoms with van der Waals surface area (Å²) in [4.78, 5) is 20.5. The summed E-state index contributed by atoms with van der Waals surface area (Å²) in [6, 6.07) is 8.10. The van der Waals surface area contributed by atoms with E-state index in [1.54, 1.807) is 18.2 Å². The first-order valence-electron chi connectivity index (χ1n) is 3.97. The number of carbonyl (C=O) groups is 1. The fourth-order valence-electron chi connectivity index (χ4n) is 1.01. The number of ether oxygens (including phenoxy) is 1. The molecule has 0 radical (unpaired) electrons. The van der Waals surface area contributed by atoms with E-state index in [0.717, 1.165) is 6.92 Å². The van der Waals surface area contributed by atoms with Gasteiger partial charge in [-0.25, -0.2) is 0 Å². The number of hydrogen-bond acceptors (Lipinski definition) is 4. The molecule has 5 nitrogen and oxygen atoms in total. The molecule has 1 aromatic rings. The van der Waals surface area contributed by atoms with E-state index in [9.17, 15) is 14.9 Å². The van der Waals surface area contributed by atoms with Crippen LogP contribution in [0, 0.1) is 10.1 Å². The van der Waals surface area contributed by atoms with Gasteiger partial charge in [-0.05, 0) is 12.1 Å². The summed E-state index contributed by atoms with van der Waals surface area (Å²) in [5, 5.41) is 10.6. The molecule has 74 valence electrons. The van der Waals surface area contributed by atoms with Crippen molar-refractivity contribution in [1.29, 1.82) is 0 Å². The van der Waals surface area contributed by atoms with Gasteiger partial charge in [-0.1, -0.05) is 18.2 Å². The molecule has 0 amide bonds. The van der Waals surface area contributed by atoms with Crippen LogP contribution in [0.1, 0.15) is 18.7 Å². The van der Waals surface area contributed by atoms with Crippen molar-refractivity contribution in [3.05, 3.63) is 46.0 Å². The van der Waals surface area contributed by atoms with Gasteiger partial charge in [0.25, 0.3) is 0 Å². The summed E-state index contributed by atoms with van der Waals surface area (Å²) in [5.41, 5.74) is 0.354. The fraction of sp³-hybridized carbons (Fsp3) is 0.222. The van der Waals surface area contributed by atoms with Crippen LogP contribution in [-0.2, 0) is 9.53 Å². The Hall–Kier alpha value is -1.91. The molecule has 0 saturated heterocycles. The Kier molecular flexibility index (Phi) is 3.17. The molecule has 0 aliphatic rings. The van der Waals surface area contributed by atoms with Gasteiger partial charge in [0, 0.05) is 6.92 Å². The van der Waals surface area contributed by atoms with E-state index in [0.29, 0.717) is 5.56 Å². The van der Waals surface area contributed by atoms with Crippen LogP contribution in [0.2, 0.25) is 0 Å². The first-order valence-corrected chi connectivity index (χ1v) is 3.97. The quantitative estimate of drug-likeness (QED) is 0.317. The number of carbonyl (C=O) groups excluding carboxylic acids is 1. The maximum Gasteiger partial charge on any atom is 0.382 e. The van der Waals surface area contributed by atoms with Crippen molar-refractivity contribution in [3.63, 3.8) is 0 Å². The van der Waals surface area contributed by atoms with Gasteiger partial charge in [0.15, 0.2) is 0 Å². The summed E-state index contributed by atoms with van der Waals surface area (Å²) < 4.78 is 4.56. The average Bonchev–Trinajstić information content (AvgIpc) is 2.15. The lowest BCUT2D eigenvalue weighted by Crippen LogP contribution is -2.16. The Bertz CT molecular complexity index is 336. The number of esters is 1. The van der Waals surface area contributed by atoms with Crippen molar-refractivity contribution >= 4 is 5.97 Å². The lowest BCUT2D eigenvalue weighted by molar-refractivity contribution is -0.575. The van der Waals surface area contributed by atoms with E-state index in [1.165, 1.54) is 12.1 Å². The first-order chi connectivity index (χ1) is 6.61. The number of rotatable bonds is 3.